The van der Waals surface area contributed by atoms with Crippen molar-refractivity contribution in [1.29, 1.82) is 0 Å². The van der Waals surface area contributed by atoms with Gasteiger partial charge >= 0.3 is 0 Å². The second kappa shape index (κ2) is 11.6. The number of aromatic nitrogens is 3. The van der Waals surface area contributed by atoms with Crippen LogP contribution in [0.25, 0.3) is 17.1 Å². The predicted octanol–water partition coefficient (Wildman–Crippen LogP) is 5.34. The van der Waals surface area contributed by atoms with Crippen LogP contribution in [0.15, 0.2) is 93.6 Å². The van der Waals surface area contributed by atoms with Crippen molar-refractivity contribution in [3.63, 3.8) is 0 Å². The standard InChI is InChI=1S/C25H22BrN5O2S/c1-2-33-22-13-11-18(12-14-22)16-27-28-23(32)17-34-25-30-29-24(19-7-6-8-20(26)15-19)31(25)21-9-4-3-5-10-21/h3-16H,2,17H2,1H3,(H,28,32)/b27-16-. The zero-order valence-electron chi connectivity index (χ0n) is 18.4. The molecule has 0 aliphatic heterocycles. The monoisotopic (exact) mass is 535 g/mol. The number of nitrogens with zero attached hydrogens (tertiary/aromatic N) is 4. The van der Waals surface area contributed by atoms with Crippen molar-refractivity contribution in [3.8, 4) is 22.8 Å². The SMILES string of the molecule is CCOc1ccc(/C=N\NC(=O)CSc2nnc(-c3cccc(Br)c3)n2-c2ccccc2)cc1. The summed E-state index contributed by atoms with van der Waals surface area (Å²) >= 11 is 4.81. The molecule has 0 fully saturated rings. The molecule has 0 saturated heterocycles. The van der Waals surface area contributed by atoms with Crippen LogP contribution in [0.5, 0.6) is 5.75 Å². The van der Waals surface area contributed by atoms with Crippen molar-refractivity contribution >= 4 is 39.8 Å². The Bertz CT molecular complexity index is 1280. The lowest BCUT2D eigenvalue weighted by molar-refractivity contribution is -0.118. The number of carbonyl (C=O) groups excluding carboxylic acids is 1. The Balaban J connectivity index is 1.45. The number of nitrogens with one attached hydrogen (secondary N) is 1. The number of halogens is 1. The van der Waals surface area contributed by atoms with Crippen molar-refractivity contribution < 1.29 is 9.53 Å². The normalized spacial score (nSPS) is 11.0. The van der Waals surface area contributed by atoms with Crippen LogP contribution in [0.3, 0.4) is 0 Å². The van der Waals surface area contributed by atoms with Crippen LogP contribution in [0, 0.1) is 0 Å². The minimum atomic E-state index is -0.237. The number of benzene rings is 3. The lowest BCUT2D eigenvalue weighted by Crippen LogP contribution is -2.20. The van der Waals surface area contributed by atoms with E-state index in [1.54, 1.807) is 6.21 Å². The molecule has 34 heavy (non-hydrogen) atoms. The van der Waals surface area contributed by atoms with Gasteiger partial charge in [0.25, 0.3) is 5.91 Å². The van der Waals surface area contributed by atoms with Gasteiger partial charge in [0.05, 0.1) is 18.6 Å². The molecule has 0 unspecified atom stereocenters. The molecular formula is C25H22BrN5O2S. The molecule has 9 heteroatoms. The second-order valence-electron chi connectivity index (χ2n) is 7.07. The first-order valence-corrected chi connectivity index (χ1v) is 12.4. The minimum Gasteiger partial charge on any atom is -0.494 e. The van der Waals surface area contributed by atoms with Gasteiger partial charge in [-0.05, 0) is 61.0 Å². The molecule has 1 aromatic heterocycles. The van der Waals surface area contributed by atoms with E-state index in [9.17, 15) is 4.79 Å². The topological polar surface area (TPSA) is 81.4 Å². The average Bonchev–Trinajstić information content (AvgIpc) is 3.29. The molecule has 0 aliphatic carbocycles. The summed E-state index contributed by atoms with van der Waals surface area (Å²) in [4.78, 5) is 12.4. The van der Waals surface area contributed by atoms with Gasteiger partial charge in [-0.25, -0.2) is 5.43 Å². The van der Waals surface area contributed by atoms with E-state index < -0.39 is 0 Å². The molecular weight excluding hydrogens is 514 g/mol. The van der Waals surface area contributed by atoms with Gasteiger partial charge < -0.3 is 4.74 Å². The number of amides is 1. The van der Waals surface area contributed by atoms with Gasteiger partial charge in [0.15, 0.2) is 11.0 Å². The zero-order valence-corrected chi connectivity index (χ0v) is 20.8. The fourth-order valence-electron chi connectivity index (χ4n) is 3.15. The molecule has 1 amide bonds. The molecule has 7 nitrogen and oxygen atoms in total. The summed E-state index contributed by atoms with van der Waals surface area (Å²) in [7, 11) is 0. The number of hydrazone groups is 1. The molecule has 0 aliphatic rings. The van der Waals surface area contributed by atoms with Crippen molar-refractivity contribution in [1.82, 2.24) is 20.2 Å². The molecule has 0 bridgehead atoms. The Morgan fingerprint density at radius 1 is 1.09 bits per heavy atom. The largest absolute Gasteiger partial charge is 0.494 e. The summed E-state index contributed by atoms with van der Waals surface area (Å²) in [5.74, 6) is 1.40. The number of ether oxygens (including phenoxy) is 1. The van der Waals surface area contributed by atoms with E-state index in [1.165, 1.54) is 11.8 Å². The number of carbonyl (C=O) groups is 1. The van der Waals surface area contributed by atoms with Gasteiger partial charge in [-0.1, -0.05) is 58.0 Å². The molecule has 4 aromatic rings. The number of hydrogen-bond acceptors (Lipinski definition) is 6. The van der Waals surface area contributed by atoms with Gasteiger partial charge in [-0.2, -0.15) is 5.10 Å². The van der Waals surface area contributed by atoms with E-state index >= 15 is 0 Å². The van der Waals surface area contributed by atoms with Crippen molar-refractivity contribution in [3.05, 3.63) is 88.9 Å². The second-order valence-corrected chi connectivity index (χ2v) is 8.93. The highest BCUT2D eigenvalue weighted by molar-refractivity contribution is 9.10. The van der Waals surface area contributed by atoms with Crippen LogP contribution in [0.4, 0.5) is 0 Å². The summed E-state index contributed by atoms with van der Waals surface area (Å²) in [6.07, 6.45) is 1.59. The van der Waals surface area contributed by atoms with Crippen molar-refractivity contribution in [2.45, 2.75) is 12.1 Å². The number of thioether (sulfide) groups is 1. The fourth-order valence-corrected chi connectivity index (χ4v) is 4.29. The molecule has 4 rings (SSSR count). The number of para-hydroxylation sites is 1. The third kappa shape index (κ3) is 6.12. The van der Waals surface area contributed by atoms with E-state index in [1.807, 2.05) is 90.4 Å². The van der Waals surface area contributed by atoms with Crippen LogP contribution < -0.4 is 10.2 Å². The van der Waals surface area contributed by atoms with E-state index in [0.717, 1.165) is 27.0 Å². The van der Waals surface area contributed by atoms with E-state index in [2.05, 4.69) is 36.7 Å². The molecule has 1 heterocycles. The summed E-state index contributed by atoms with van der Waals surface area (Å²) in [5, 5.41) is 13.4. The van der Waals surface area contributed by atoms with E-state index in [-0.39, 0.29) is 11.7 Å². The third-order valence-electron chi connectivity index (χ3n) is 4.66. The van der Waals surface area contributed by atoms with Gasteiger partial charge in [0.1, 0.15) is 5.75 Å². The molecule has 172 valence electrons. The van der Waals surface area contributed by atoms with Crippen LogP contribution in [-0.2, 0) is 4.79 Å². The van der Waals surface area contributed by atoms with Gasteiger partial charge in [0, 0.05) is 15.7 Å². The smallest absolute Gasteiger partial charge is 0.250 e. The maximum absolute atomic E-state index is 12.4. The highest BCUT2D eigenvalue weighted by Crippen LogP contribution is 2.29. The van der Waals surface area contributed by atoms with Crippen LogP contribution in [0.1, 0.15) is 12.5 Å². The predicted molar refractivity (Wildman–Crippen MR) is 139 cm³/mol. The quantitative estimate of drug-likeness (QED) is 0.178. The Morgan fingerprint density at radius 2 is 1.88 bits per heavy atom. The molecule has 0 radical (unpaired) electrons. The first-order valence-electron chi connectivity index (χ1n) is 10.6. The Labute approximate surface area is 210 Å². The van der Waals surface area contributed by atoms with Gasteiger partial charge in [-0.3, -0.25) is 9.36 Å². The maximum atomic E-state index is 12.4. The van der Waals surface area contributed by atoms with E-state index in [0.29, 0.717) is 17.6 Å². The minimum absolute atomic E-state index is 0.143. The van der Waals surface area contributed by atoms with Crippen molar-refractivity contribution in [2.24, 2.45) is 5.10 Å². The molecule has 0 saturated carbocycles. The molecule has 3 aromatic carbocycles. The first kappa shape index (κ1) is 23.7. The maximum Gasteiger partial charge on any atom is 0.250 e. The highest BCUT2D eigenvalue weighted by atomic mass is 79.9. The van der Waals surface area contributed by atoms with Crippen LogP contribution in [0.2, 0.25) is 0 Å². The zero-order chi connectivity index (χ0) is 23.8. The summed E-state index contributed by atoms with van der Waals surface area (Å²) < 4.78 is 8.32. The summed E-state index contributed by atoms with van der Waals surface area (Å²) in [6.45, 7) is 2.55. The van der Waals surface area contributed by atoms with Gasteiger partial charge in [0.2, 0.25) is 0 Å². The lowest BCUT2D eigenvalue weighted by atomic mass is 10.2. The summed E-state index contributed by atoms with van der Waals surface area (Å²) in [6, 6.07) is 25.2. The first-order chi connectivity index (χ1) is 16.6. The molecule has 0 atom stereocenters. The average molecular weight is 536 g/mol. The lowest BCUT2D eigenvalue weighted by Gasteiger charge is -2.10. The Morgan fingerprint density at radius 3 is 2.62 bits per heavy atom. The third-order valence-corrected chi connectivity index (χ3v) is 6.08. The molecule has 0 spiro atoms. The van der Waals surface area contributed by atoms with E-state index in [4.69, 9.17) is 4.74 Å². The summed E-state index contributed by atoms with van der Waals surface area (Å²) in [5.41, 5.74) is 5.26. The fraction of sp³-hybridized carbons (Fsp3) is 0.120. The number of hydrogen-bond donors (Lipinski definition) is 1. The number of rotatable bonds is 9. The van der Waals surface area contributed by atoms with Crippen molar-refractivity contribution in [2.75, 3.05) is 12.4 Å². The van der Waals surface area contributed by atoms with Crippen LogP contribution >= 0.6 is 27.7 Å². The highest BCUT2D eigenvalue weighted by Gasteiger charge is 2.17. The Hall–Kier alpha value is -3.43. The van der Waals surface area contributed by atoms with Crippen LogP contribution in [-0.4, -0.2) is 39.2 Å². The van der Waals surface area contributed by atoms with Gasteiger partial charge in [-0.15, -0.1) is 10.2 Å². The Kier molecular flexibility index (Phi) is 8.11. The molecule has 1 N–H and O–H groups in total.